The van der Waals surface area contributed by atoms with E-state index in [0.717, 1.165) is 17.9 Å². The second-order valence-electron chi connectivity index (χ2n) is 8.68. The Labute approximate surface area is 153 Å². The molecule has 0 aliphatic heterocycles. The van der Waals surface area contributed by atoms with Crippen LogP contribution in [0.15, 0.2) is 29.2 Å². The van der Waals surface area contributed by atoms with Crippen LogP contribution < -0.4 is 10.0 Å². The number of sulfonamides is 1. The SMILES string of the molecule is CC(C)(NS(=O)(=O)c1cccc(F)c1)C(=O)NC1C2CC3CC(C2)C1C3. The summed E-state index contributed by atoms with van der Waals surface area (Å²) in [6.07, 6.45) is 4.82. The highest BCUT2D eigenvalue weighted by Gasteiger charge is 2.54. The van der Waals surface area contributed by atoms with E-state index in [0.29, 0.717) is 11.8 Å². The summed E-state index contributed by atoms with van der Waals surface area (Å²) in [7, 11) is -3.99. The average Bonchev–Trinajstić information content (AvgIpc) is 2.96. The Bertz CT molecular complexity index is 835. The maximum absolute atomic E-state index is 13.4. The molecule has 142 valence electrons. The topological polar surface area (TPSA) is 75.3 Å². The Hall–Kier alpha value is -1.47. The van der Waals surface area contributed by atoms with Crippen molar-refractivity contribution < 1.29 is 17.6 Å². The normalized spacial score (nSPS) is 32.8. The van der Waals surface area contributed by atoms with E-state index in [4.69, 9.17) is 0 Å². The fourth-order valence-corrected chi connectivity index (χ4v) is 6.78. The molecule has 7 heteroatoms. The van der Waals surface area contributed by atoms with Gasteiger partial charge in [0.2, 0.25) is 15.9 Å². The van der Waals surface area contributed by atoms with E-state index in [1.54, 1.807) is 13.8 Å². The first kappa shape index (κ1) is 17.9. The smallest absolute Gasteiger partial charge is 0.241 e. The molecule has 26 heavy (non-hydrogen) atoms. The van der Waals surface area contributed by atoms with Gasteiger partial charge in [0.25, 0.3) is 0 Å². The number of hydrogen-bond acceptors (Lipinski definition) is 3. The first-order chi connectivity index (χ1) is 12.2. The van der Waals surface area contributed by atoms with E-state index in [-0.39, 0.29) is 16.8 Å². The molecule has 0 heterocycles. The highest BCUT2D eigenvalue weighted by Crippen LogP contribution is 2.58. The zero-order valence-electron chi connectivity index (χ0n) is 15.0. The highest BCUT2D eigenvalue weighted by molar-refractivity contribution is 7.89. The summed E-state index contributed by atoms with van der Waals surface area (Å²) in [5.41, 5.74) is -1.31. The van der Waals surface area contributed by atoms with Crippen LogP contribution >= 0.6 is 0 Å². The molecule has 4 aliphatic carbocycles. The minimum absolute atomic E-state index is 0.157. The summed E-state index contributed by atoms with van der Waals surface area (Å²) in [6, 6.07) is 4.94. The molecular formula is C19H25FN2O3S. The van der Waals surface area contributed by atoms with Crippen LogP contribution in [-0.4, -0.2) is 25.9 Å². The second kappa shape index (κ2) is 6.02. The summed E-state index contributed by atoms with van der Waals surface area (Å²) < 4.78 is 40.9. The third-order valence-electron chi connectivity index (χ3n) is 6.42. The largest absolute Gasteiger partial charge is 0.351 e. The lowest BCUT2D eigenvalue weighted by Crippen LogP contribution is -2.58. The number of carbonyl (C=O) groups excluding carboxylic acids is 1. The monoisotopic (exact) mass is 380 g/mol. The van der Waals surface area contributed by atoms with Crippen LogP contribution in [0.5, 0.6) is 0 Å². The lowest BCUT2D eigenvalue weighted by molar-refractivity contribution is -0.127. The minimum Gasteiger partial charge on any atom is -0.351 e. The van der Waals surface area contributed by atoms with Gasteiger partial charge in [-0.3, -0.25) is 4.79 Å². The van der Waals surface area contributed by atoms with Gasteiger partial charge in [-0.25, -0.2) is 12.8 Å². The van der Waals surface area contributed by atoms with Crippen molar-refractivity contribution in [2.75, 3.05) is 0 Å². The molecule has 1 aromatic carbocycles. The Balaban J connectivity index is 1.47. The zero-order valence-corrected chi connectivity index (χ0v) is 15.9. The molecule has 1 aromatic rings. The predicted octanol–water partition coefficient (Wildman–Crippen LogP) is 2.43. The van der Waals surface area contributed by atoms with Gasteiger partial charge in [0, 0.05) is 6.04 Å². The van der Waals surface area contributed by atoms with Gasteiger partial charge in [-0.15, -0.1) is 0 Å². The molecule has 5 unspecified atom stereocenters. The summed E-state index contributed by atoms with van der Waals surface area (Å²) in [5, 5.41) is 3.12. The first-order valence-corrected chi connectivity index (χ1v) is 10.7. The van der Waals surface area contributed by atoms with Crippen molar-refractivity contribution in [2.24, 2.45) is 23.7 Å². The highest BCUT2D eigenvalue weighted by atomic mass is 32.2. The van der Waals surface area contributed by atoms with Crippen LogP contribution in [0.1, 0.15) is 39.5 Å². The molecule has 5 atom stereocenters. The van der Waals surface area contributed by atoms with Crippen molar-refractivity contribution >= 4 is 15.9 Å². The molecule has 4 fully saturated rings. The fraction of sp³-hybridized carbons (Fsp3) is 0.632. The van der Waals surface area contributed by atoms with E-state index in [2.05, 4.69) is 10.0 Å². The summed E-state index contributed by atoms with van der Waals surface area (Å²) in [4.78, 5) is 12.7. The maximum Gasteiger partial charge on any atom is 0.241 e. The molecule has 1 amide bonds. The Kier molecular flexibility index (Phi) is 4.15. The first-order valence-electron chi connectivity index (χ1n) is 9.26. The zero-order chi connectivity index (χ0) is 18.7. The Morgan fingerprint density at radius 1 is 1.15 bits per heavy atom. The van der Waals surface area contributed by atoms with Gasteiger partial charge in [0.1, 0.15) is 11.4 Å². The molecule has 0 aromatic heterocycles. The summed E-state index contributed by atoms with van der Waals surface area (Å²) in [5.74, 6) is 1.65. The van der Waals surface area contributed by atoms with Crippen molar-refractivity contribution in [3.05, 3.63) is 30.1 Å². The van der Waals surface area contributed by atoms with Crippen molar-refractivity contribution in [2.45, 2.75) is 56.0 Å². The lowest BCUT2D eigenvalue weighted by atomic mass is 9.79. The van der Waals surface area contributed by atoms with Crippen molar-refractivity contribution in [3.63, 3.8) is 0 Å². The minimum atomic E-state index is -3.99. The summed E-state index contributed by atoms with van der Waals surface area (Å²) in [6.45, 7) is 3.09. The van der Waals surface area contributed by atoms with Crippen LogP contribution in [0.4, 0.5) is 4.39 Å². The third kappa shape index (κ3) is 3.05. The molecule has 4 bridgehead atoms. The van der Waals surface area contributed by atoms with E-state index in [1.807, 2.05) is 0 Å². The second-order valence-corrected chi connectivity index (χ2v) is 10.4. The van der Waals surface area contributed by atoms with Crippen LogP contribution in [0.25, 0.3) is 0 Å². The van der Waals surface area contributed by atoms with Crippen LogP contribution in [0.3, 0.4) is 0 Å². The van der Waals surface area contributed by atoms with Gasteiger partial charge in [-0.2, -0.15) is 4.72 Å². The number of carbonyl (C=O) groups is 1. The molecule has 5 nitrogen and oxygen atoms in total. The van der Waals surface area contributed by atoms with Crippen LogP contribution in [0.2, 0.25) is 0 Å². The van der Waals surface area contributed by atoms with E-state index >= 15 is 0 Å². The van der Waals surface area contributed by atoms with Gasteiger partial charge >= 0.3 is 0 Å². The number of nitrogens with one attached hydrogen (secondary N) is 2. The Morgan fingerprint density at radius 2 is 1.88 bits per heavy atom. The molecule has 0 spiro atoms. The van der Waals surface area contributed by atoms with E-state index < -0.39 is 21.4 Å². The van der Waals surface area contributed by atoms with Gasteiger partial charge in [0.15, 0.2) is 0 Å². The number of rotatable bonds is 5. The molecule has 4 aliphatic rings. The lowest BCUT2D eigenvalue weighted by Gasteiger charge is -2.35. The van der Waals surface area contributed by atoms with Gasteiger partial charge in [-0.05, 0) is 81.4 Å². The number of hydrogen-bond donors (Lipinski definition) is 2. The number of amides is 1. The molecular weight excluding hydrogens is 355 g/mol. The predicted molar refractivity (Wildman–Crippen MR) is 95.2 cm³/mol. The molecule has 5 rings (SSSR count). The molecule has 0 saturated heterocycles. The molecule has 2 N–H and O–H groups in total. The third-order valence-corrected chi connectivity index (χ3v) is 8.07. The van der Waals surface area contributed by atoms with E-state index in [9.17, 15) is 17.6 Å². The van der Waals surface area contributed by atoms with Crippen molar-refractivity contribution in [1.82, 2.24) is 10.0 Å². The quantitative estimate of drug-likeness (QED) is 0.824. The van der Waals surface area contributed by atoms with Gasteiger partial charge in [0.05, 0.1) is 4.90 Å². The van der Waals surface area contributed by atoms with Gasteiger partial charge in [-0.1, -0.05) is 6.07 Å². The fourth-order valence-electron chi connectivity index (χ4n) is 5.37. The maximum atomic E-state index is 13.4. The van der Waals surface area contributed by atoms with Crippen LogP contribution in [-0.2, 0) is 14.8 Å². The Morgan fingerprint density at radius 3 is 2.58 bits per heavy atom. The molecule has 0 radical (unpaired) electrons. The van der Waals surface area contributed by atoms with E-state index in [1.165, 1.54) is 43.9 Å². The van der Waals surface area contributed by atoms with Crippen LogP contribution in [0, 0.1) is 29.5 Å². The van der Waals surface area contributed by atoms with Crippen molar-refractivity contribution in [3.8, 4) is 0 Å². The summed E-state index contributed by atoms with van der Waals surface area (Å²) >= 11 is 0. The molecule has 4 saturated carbocycles. The number of benzene rings is 1. The van der Waals surface area contributed by atoms with Crippen molar-refractivity contribution in [1.29, 1.82) is 0 Å². The standard InChI is InChI=1S/C19H25FN2O3S/c1-19(2,22-26(24,25)15-5-3-4-14(20)10-15)18(23)21-17-13-7-11-6-12(9-13)16(17)8-11/h3-5,10-13,16-17,22H,6-9H2,1-2H3,(H,21,23). The van der Waals surface area contributed by atoms with Gasteiger partial charge < -0.3 is 5.32 Å². The number of halogens is 1. The average molecular weight is 380 g/mol.